The summed E-state index contributed by atoms with van der Waals surface area (Å²) < 4.78 is 0.956. The second-order valence-corrected chi connectivity index (χ2v) is 6.19. The van der Waals surface area contributed by atoms with Crippen molar-refractivity contribution in [2.75, 3.05) is 6.54 Å². The molecule has 1 aromatic rings. The van der Waals surface area contributed by atoms with E-state index in [9.17, 15) is 9.90 Å². The number of halogens is 1. The van der Waals surface area contributed by atoms with E-state index in [1.165, 1.54) is 0 Å². The molecule has 3 nitrogen and oxygen atoms in total. The lowest BCUT2D eigenvalue weighted by atomic mass is 9.86. The van der Waals surface area contributed by atoms with E-state index in [0.29, 0.717) is 12.1 Å². The van der Waals surface area contributed by atoms with Crippen LogP contribution >= 0.6 is 15.9 Å². The summed E-state index contributed by atoms with van der Waals surface area (Å²) in [6, 6.07) is 7.34. The molecule has 1 saturated heterocycles. The van der Waals surface area contributed by atoms with Crippen molar-refractivity contribution in [1.29, 1.82) is 0 Å². The third-order valence-corrected chi connectivity index (χ3v) is 4.24. The van der Waals surface area contributed by atoms with Gasteiger partial charge in [-0.05, 0) is 51.0 Å². The first-order valence-corrected chi connectivity index (χ1v) is 6.98. The average Bonchev–Trinajstić information content (AvgIpc) is 2.33. The van der Waals surface area contributed by atoms with E-state index < -0.39 is 11.6 Å². The molecule has 1 aromatic carbocycles. The summed E-state index contributed by atoms with van der Waals surface area (Å²) >= 11 is 3.36. The van der Waals surface area contributed by atoms with Crippen molar-refractivity contribution in [2.24, 2.45) is 0 Å². The summed E-state index contributed by atoms with van der Waals surface area (Å²) in [4.78, 5) is 14.3. The van der Waals surface area contributed by atoms with Gasteiger partial charge >= 0.3 is 0 Å². The maximum absolute atomic E-state index is 12.5. The summed E-state index contributed by atoms with van der Waals surface area (Å²) in [7, 11) is 0. The van der Waals surface area contributed by atoms with Crippen LogP contribution in [-0.4, -0.2) is 34.1 Å². The minimum absolute atomic E-state index is 0.00810. The van der Waals surface area contributed by atoms with Gasteiger partial charge in [0.25, 0.3) is 5.91 Å². The number of hydrogen-bond donors (Lipinski definition) is 1. The fourth-order valence-electron chi connectivity index (χ4n) is 2.38. The minimum Gasteiger partial charge on any atom is -0.391 e. The first-order chi connectivity index (χ1) is 8.43. The Bertz CT molecular complexity index is 442. The first-order valence-electron chi connectivity index (χ1n) is 6.18. The van der Waals surface area contributed by atoms with Gasteiger partial charge in [0.1, 0.15) is 0 Å². The van der Waals surface area contributed by atoms with E-state index in [2.05, 4.69) is 15.9 Å². The Morgan fingerprint density at radius 3 is 2.61 bits per heavy atom. The Morgan fingerprint density at radius 1 is 1.39 bits per heavy atom. The topological polar surface area (TPSA) is 40.5 Å². The van der Waals surface area contributed by atoms with Crippen molar-refractivity contribution in [3.63, 3.8) is 0 Å². The third kappa shape index (κ3) is 2.45. The normalized spacial score (nSPS) is 22.9. The van der Waals surface area contributed by atoms with Crippen molar-refractivity contribution in [3.05, 3.63) is 34.3 Å². The van der Waals surface area contributed by atoms with Gasteiger partial charge in [-0.15, -0.1) is 0 Å². The molecule has 1 aliphatic rings. The molecule has 0 bridgehead atoms. The monoisotopic (exact) mass is 311 g/mol. The van der Waals surface area contributed by atoms with Crippen molar-refractivity contribution in [3.8, 4) is 0 Å². The van der Waals surface area contributed by atoms with E-state index in [0.717, 1.165) is 17.3 Å². The molecule has 1 unspecified atom stereocenters. The highest BCUT2D eigenvalue weighted by Gasteiger charge is 2.40. The van der Waals surface area contributed by atoms with Crippen LogP contribution in [0.25, 0.3) is 0 Å². The van der Waals surface area contributed by atoms with Crippen molar-refractivity contribution in [2.45, 2.75) is 38.3 Å². The molecule has 1 aliphatic heterocycles. The van der Waals surface area contributed by atoms with Crippen LogP contribution in [-0.2, 0) is 0 Å². The van der Waals surface area contributed by atoms with Crippen LogP contribution in [0.2, 0.25) is 0 Å². The van der Waals surface area contributed by atoms with Crippen molar-refractivity contribution >= 4 is 21.8 Å². The molecule has 1 N–H and O–H groups in total. The Labute approximate surface area is 116 Å². The van der Waals surface area contributed by atoms with Crippen LogP contribution in [0.3, 0.4) is 0 Å². The number of aliphatic hydroxyl groups is 1. The smallest absolute Gasteiger partial charge is 0.254 e. The predicted octanol–water partition coefficient (Wildman–Crippen LogP) is 2.82. The van der Waals surface area contributed by atoms with Crippen LogP contribution < -0.4 is 0 Å². The van der Waals surface area contributed by atoms with Crippen LogP contribution in [0.4, 0.5) is 0 Å². The van der Waals surface area contributed by atoms with Crippen LogP contribution in [0.5, 0.6) is 0 Å². The first kappa shape index (κ1) is 13.6. The van der Waals surface area contributed by atoms with Crippen LogP contribution in [0.1, 0.15) is 37.0 Å². The minimum atomic E-state index is -0.498. The summed E-state index contributed by atoms with van der Waals surface area (Å²) in [5, 5.41) is 10.0. The zero-order valence-electron chi connectivity index (χ0n) is 10.7. The largest absolute Gasteiger partial charge is 0.391 e. The second kappa shape index (κ2) is 5.02. The lowest BCUT2D eigenvalue weighted by Crippen LogP contribution is -2.58. The average molecular weight is 312 g/mol. The number of carbonyl (C=O) groups is 1. The van der Waals surface area contributed by atoms with Crippen molar-refractivity contribution in [1.82, 2.24) is 4.90 Å². The number of benzene rings is 1. The zero-order chi connectivity index (χ0) is 13.3. The lowest BCUT2D eigenvalue weighted by molar-refractivity contribution is -0.0307. The predicted molar refractivity (Wildman–Crippen MR) is 74.5 cm³/mol. The Hall–Kier alpha value is -0.870. The van der Waals surface area contributed by atoms with E-state index in [1.807, 2.05) is 38.1 Å². The number of aliphatic hydroxyl groups excluding tert-OH is 1. The molecule has 1 heterocycles. The molecule has 1 fully saturated rings. The summed E-state index contributed by atoms with van der Waals surface area (Å²) in [6.45, 7) is 4.56. The Morgan fingerprint density at radius 2 is 2.00 bits per heavy atom. The zero-order valence-corrected chi connectivity index (χ0v) is 12.3. The molecular formula is C14H18BrNO2. The number of piperidine rings is 1. The second-order valence-electron chi connectivity index (χ2n) is 5.28. The van der Waals surface area contributed by atoms with Gasteiger partial charge in [-0.1, -0.05) is 15.9 Å². The lowest BCUT2D eigenvalue weighted by Gasteiger charge is -2.45. The third-order valence-electron chi connectivity index (χ3n) is 3.71. The van der Waals surface area contributed by atoms with Gasteiger partial charge in [0.05, 0.1) is 11.6 Å². The SMILES string of the molecule is CC1(C)C(O)CCCN1C(=O)c1ccc(Br)cc1. The van der Waals surface area contributed by atoms with E-state index in [-0.39, 0.29) is 5.91 Å². The quantitative estimate of drug-likeness (QED) is 0.866. The number of likely N-dealkylation sites (tertiary alicyclic amines) is 1. The van der Waals surface area contributed by atoms with E-state index in [1.54, 1.807) is 4.90 Å². The van der Waals surface area contributed by atoms with Gasteiger partial charge in [-0.25, -0.2) is 0 Å². The van der Waals surface area contributed by atoms with Gasteiger partial charge in [-0.3, -0.25) is 4.79 Å². The standard InChI is InChI=1S/C14H18BrNO2/c1-14(2)12(17)4-3-9-16(14)13(18)10-5-7-11(15)8-6-10/h5-8,12,17H,3-4,9H2,1-2H3. The van der Waals surface area contributed by atoms with Gasteiger partial charge in [-0.2, -0.15) is 0 Å². The summed E-state index contributed by atoms with van der Waals surface area (Å²) in [6.07, 6.45) is 1.16. The molecule has 0 radical (unpaired) electrons. The highest BCUT2D eigenvalue weighted by Crippen LogP contribution is 2.29. The number of amides is 1. The molecule has 1 amide bonds. The van der Waals surface area contributed by atoms with E-state index in [4.69, 9.17) is 0 Å². The number of rotatable bonds is 1. The summed E-state index contributed by atoms with van der Waals surface area (Å²) in [5.41, 5.74) is 0.169. The molecule has 2 rings (SSSR count). The highest BCUT2D eigenvalue weighted by atomic mass is 79.9. The van der Waals surface area contributed by atoms with Gasteiger partial charge in [0.2, 0.25) is 0 Å². The molecule has 0 aromatic heterocycles. The molecule has 0 spiro atoms. The van der Waals surface area contributed by atoms with Gasteiger partial charge in [0.15, 0.2) is 0 Å². The number of nitrogens with zero attached hydrogens (tertiary/aromatic N) is 1. The molecule has 0 aliphatic carbocycles. The number of carbonyl (C=O) groups excluding carboxylic acids is 1. The van der Waals surface area contributed by atoms with Gasteiger partial charge < -0.3 is 10.0 Å². The van der Waals surface area contributed by atoms with Crippen molar-refractivity contribution < 1.29 is 9.90 Å². The highest BCUT2D eigenvalue weighted by molar-refractivity contribution is 9.10. The molecule has 0 saturated carbocycles. The van der Waals surface area contributed by atoms with E-state index >= 15 is 0 Å². The fourth-order valence-corrected chi connectivity index (χ4v) is 2.64. The Balaban J connectivity index is 2.25. The van der Waals surface area contributed by atoms with Gasteiger partial charge in [0, 0.05) is 16.6 Å². The fraction of sp³-hybridized carbons (Fsp3) is 0.500. The van der Waals surface area contributed by atoms with Crippen LogP contribution in [0, 0.1) is 0 Å². The molecule has 4 heteroatoms. The number of hydrogen-bond acceptors (Lipinski definition) is 2. The molecule has 1 atom stereocenters. The van der Waals surface area contributed by atoms with Crippen LogP contribution in [0.15, 0.2) is 28.7 Å². The molecular weight excluding hydrogens is 294 g/mol. The maximum atomic E-state index is 12.5. The molecule has 98 valence electrons. The Kier molecular flexibility index (Phi) is 3.78. The molecule has 18 heavy (non-hydrogen) atoms. The maximum Gasteiger partial charge on any atom is 0.254 e. The summed E-state index contributed by atoms with van der Waals surface area (Å²) in [5.74, 6) is -0.00810.